The van der Waals surface area contributed by atoms with Gasteiger partial charge in [0.15, 0.2) is 0 Å². The Morgan fingerprint density at radius 3 is 2.41 bits per heavy atom. The maximum Gasteiger partial charge on any atom is 0.137 e. The lowest BCUT2D eigenvalue weighted by Gasteiger charge is -2.22. The Morgan fingerprint density at radius 2 is 1.88 bits per heavy atom. The lowest BCUT2D eigenvalue weighted by molar-refractivity contribution is 0.417. The molecule has 1 unspecified atom stereocenters. The molecule has 1 aromatic carbocycles. The SMILES string of the molecule is CC(C)NC(c1cc(F)c(Br)cc1F)C1CC1. The van der Waals surface area contributed by atoms with Crippen molar-refractivity contribution in [2.75, 3.05) is 0 Å². The van der Waals surface area contributed by atoms with Crippen LogP contribution in [-0.4, -0.2) is 6.04 Å². The summed E-state index contributed by atoms with van der Waals surface area (Å²) in [6.45, 7) is 4.03. The Bertz CT molecular complexity index is 416. The molecule has 1 nitrogen and oxygen atoms in total. The predicted octanol–water partition coefficient (Wildman–Crippen LogP) is 4.18. The van der Waals surface area contributed by atoms with Crippen LogP contribution in [0.15, 0.2) is 16.6 Å². The van der Waals surface area contributed by atoms with Gasteiger partial charge >= 0.3 is 0 Å². The fourth-order valence-electron chi connectivity index (χ4n) is 2.04. The second kappa shape index (κ2) is 5.02. The molecule has 0 radical (unpaired) electrons. The number of rotatable bonds is 4. The topological polar surface area (TPSA) is 12.0 Å². The van der Waals surface area contributed by atoms with E-state index in [1.807, 2.05) is 13.8 Å². The summed E-state index contributed by atoms with van der Waals surface area (Å²) < 4.78 is 27.6. The number of benzene rings is 1. The highest BCUT2D eigenvalue weighted by Gasteiger charge is 2.34. The van der Waals surface area contributed by atoms with Gasteiger partial charge in [-0.05, 0) is 46.8 Å². The van der Waals surface area contributed by atoms with Crippen molar-refractivity contribution in [3.05, 3.63) is 33.8 Å². The third kappa shape index (κ3) is 3.05. The highest BCUT2D eigenvalue weighted by molar-refractivity contribution is 9.10. The molecule has 1 aliphatic carbocycles. The summed E-state index contributed by atoms with van der Waals surface area (Å²) in [5.41, 5.74) is 0.446. The van der Waals surface area contributed by atoms with Crippen molar-refractivity contribution in [1.29, 1.82) is 0 Å². The van der Waals surface area contributed by atoms with Crippen molar-refractivity contribution in [3.8, 4) is 0 Å². The smallest absolute Gasteiger partial charge is 0.137 e. The van der Waals surface area contributed by atoms with Gasteiger partial charge < -0.3 is 5.32 Å². The lowest BCUT2D eigenvalue weighted by Crippen LogP contribution is -2.30. The largest absolute Gasteiger partial charge is 0.307 e. The van der Waals surface area contributed by atoms with Crippen LogP contribution in [0.5, 0.6) is 0 Å². The molecular weight excluding hydrogens is 288 g/mol. The summed E-state index contributed by atoms with van der Waals surface area (Å²) in [5, 5.41) is 3.32. The van der Waals surface area contributed by atoms with Gasteiger partial charge in [0, 0.05) is 17.6 Å². The molecule has 1 N–H and O–H groups in total. The molecule has 1 atom stereocenters. The van der Waals surface area contributed by atoms with Crippen LogP contribution in [0, 0.1) is 17.6 Å². The minimum Gasteiger partial charge on any atom is -0.307 e. The molecule has 1 aromatic rings. The second-order valence-corrected chi connectivity index (χ2v) is 5.78. The second-order valence-electron chi connectivity index (χ2n) is 4.92. The number of halogens is 3. The molecule has 17 heavy (non-hydrogen) atoms. The van der Waals surface area contributed by atoms with Crippen LogP contribution >= 0.6 is 15.9 Å². The first kappa shape index (κ1) is 13.0. The van der Waals surface area contributed by atoms with Crippen molar-refractivity contribution in [1.82, 2.24) is 5.32 Å². The quantitative estimate of drug-likeness (QED) is 0.823. The fraction of sp³-hybridized carbons (Fsp3) is 0.538. The normalized spacial score (nSPS) is 17.5. The Balaban J connectivity index is 2.31. The van der Waals surface area contributed by atoms with Crippen LogP contribution in [0.4, 0.5) is 8.78 Å². The van der Waals surface area contributed by atoms with E-state index < -0.39 is 5.82 Å². The summed E-state index contributed by atoms with van der Waals surface area (Å²) in [5.74, 6) is -0.312. The first-order valence-corrected chi connectivity index (χ1v) is 6.69. The average molecular weight is 304 g/mol. The Labute approximate surface area is 109 Å². The molecular formula is C13H16BrF2N. The van der Waals surface area contributed by atoms with E-state index in [2.05, 4.69) is 21.2 Å². The molecule has 1 saturated carbocycles. The maximum absolute atomic E-state index is 13.9. The van der Waals surface area contributed by atoms with Gasteiger partial charge in [0.1, 0.15) is 11.6 Å². The molecule has 0 bridgehead atoms. The number of nitrogens with one attached hydrogen (secondary N) is 1. The van der Waals surface area contributed by atoms with E-state index in [4.69, 9.17) is 0 Å². The summed E-state index contributed by atoms with van der Waals surface area (Å²) in [4.78, 5) is 0. The Morgan fingerprint density at radius 1 is 1.24 bits per heavy atom. The van der Waals surface area contributed by atoms with Crippen LogP contribution in [0.3, 0.4) is 0 Å². The minimum absolute atomic E-state index is 0.0717. The summed E-state index contributed by atoms with van der Waals surface area (Å²) in [7, 11) is 0. The molecule has 0 heterocycles. The van der Waals surface area contributed by atoms with Crippen molar-refractivity contribution < 1.29 is 8.78 Å². The fourth-order valence-corrected chi connectivity index (χ4v) is 2.36. The third-order valence-corrected chi connectivity index (χ3v) is 3.59. The van der Waals surface area contributed by atoms with Crippen molar-refractivity contribution >= 4 is 15.9 Å². The lowest BCUT2D eigenvalue weighted by atomic mass is 10.0. The van der Waals surface area contributed by atoms with Gasteiger partial charge in [-0.3, -0.25) is 0 Å². The van der Waals surface area contributed by atoms with Crippen LogP contribution in [0.1, 0.15) is 38.3 Å². The van der Waals surface area contributed by atoms with Gasteiger partial charge in [0.2, 0.25) is 0 Å². The molecule has 1 fully saturated rings. The van der Waals surface area contributed by atoms with Crippen LogP contribution < -0.4 is 5.32 Å². The van der Waals surface area contributed by atoms with Crippen molar-refractivity contribution in [2.24, 2.45) is 5.92 Å². The standard InChI is InChI=1S/C13H16BrF2N/c1-7(2)17-13(8-3-4-8)9-5-12(16)10(14)6-11(9)15/h5-8,13,17H,3-4H2,1-2H3. The minimum atomic E-state index is -0.405. The van der Waals surface area contributed by atoms with Crippen LogP contribution in [0.25, 0.3) is 0 Å². The zero-order valence-corrected chi connectivity index (χ0v) is 11.5. The highest BCUT2D eigenvalue weighted by atomic mass is 79.9. The van der Waals surface area contributed by atoms with E-state index in [1.54, 1.807) is 0 Å². The van der Waals surface area contributed by atoms with E-state index in [0.29, 0.717) is 11.5 Å². The monoisotopic (exact) mass is 303 g/mol. The van der Waals surface area contributed by atoms with Gasteiger partial charge in [0.05, 0.1) is 4.47 Å². The molecule has 0 aliphatic heterocycles. The average Bonchev–Trinajstić information content (AvgIpc) is 3.04. The van der Waals surface area contributed by atoms with E-state index >= 15 is 0 Å². The van der Waals surface area contributed by atoms with E-state index in [-0.39, 0.29) is 22.4 Å². The van der Waals surface area contributed by atoms with Gasteiger partial charge in [-0.1, -0.05) is 13.8 Å². The van der Waals surface area contributed by atoms with Gasteiger partial charge in [-0.25, -0.2) is 8.78 Å². The first-order chi connectivity index (χ1) is 7.99. The van der Waals surface area contributed by atoms with Gasteiger partial charge in [-0.15, -0.1) is 0 Å². The van der Waals surface area contributed by atoms with Crippen molar-refractivity contribution in [2.45, 2.75) is 38.8 Å². The number of hydrogen-bond acceptors (Lipinski definition) is 1. The molecule has 0 amide bonds. The van der Waals surface area contributed by atoms with E-state index in [0.717, 1.165) is 12.8 Å². The number of hydrogen-bond donors (Lipinski definition) is 1. The van der Waals surface area contributed by atoms with Gasteiger partial charge in [-0.2, -0.15) is 0 Å². The summed E-state index contributed by atoms with van der Waals surface area (Å²) in [6.07, 6.45) is 2.17. The molecule has 0 aromatic heterocycles. The molecule has 0 saturated heterocycles. The van der Waals surface area contributed by atoms with Crippen LogP contribution in [0.2, 0.25) is 0 Å². The van der Waals surface area contributed by atoms with Crippen molar-refractivity contribution in [3.63, 3.8) is 0 Å². The zero-order valence-electron chi connectivity index (χ0n) is 9.93. The van der Waals surface area contributed by atoms with Gasteiger partial charge in [0.25, 0.3) is 0 Å². The van der Waals surface area contributed by atoms with E-state index in [1.165, 1.54) is 12.1 Å². The summed E-state index contributed by atoms with van der Waals surface area (Å²) >= 11 is 3.00. The highest BCUT2D eigenvalue weighted by Crippen LogP contribution is 2.42. The molecule has 1 aliphatic rings. The maximum atomic E-state index is 13.9. The van der Waals surface area contributed by atoms with Crippen LogP contribution in [-0.2, 0) is 0 Å². The zero-order chi connectivity index (χ0) is 12.6. The summed E-state index contributed by atoms with van der Waals surface area (Å²) in [6, 6.07) is 2.70. The Hall–Kier alpha value is -0.480. The molecule has 2 rings (SSSR count). The molecule has 94 valence electrons. The first-order valence-electron chi connectivity index (χ1n) is 5.89. The third-order valence-electron chi connectivity index (χ3n) is 2.98. The van der Waals surface area contributed by atoms with E-state index in [9.17, 15) is 8.78 Å². The molecule has 4 heteroatoms. The molecule has 0 spiro atoms. The predicted molar refractivity (Wildman–Crippen MR) is 67.8 cm³/mol. The Kier molecular flexibility index (Phi) is 3.83.